The lowest BCUT2D eigenvalue weighted by Gasteiger charge is -2.27. The average Bonchev–Trinajstić information content (AvgIpc) is 3.27. The molecule has 2 fully saturated rings. The van der Waals surface area contributed by atoms with Crippen molar-refractivity contribution >= 4 is 43.6 Å². The van der Waals surface area contributed by atoms with E-state index in [1.165, 1.54) is 18.3 Å². The maximum atomic E-state index is 12.3. The van der Waals surface area contributed by atoms with E-state index in [-0.39, 0.29) is 10.8 Å². The van der Waals surface area contributed by atoms with Crippen LogP contribution >= 0.6 is 27.5 Å². The number of carbonyl (C=O) groups is 1. The van der Waals surface area contributed by atoms with Gasteiger partial charge in [0.1, 0.15) is 5.15 Å². The molecule has 1 amide bonds. The van der Waals surface area contributed by atoms with Gasteiger partial charge in [0.25, 0.3) is 16.0 Å². The summed E-state index contributed by atoms with van der Waals surface area (Å²) in [6, 6.07) is 8.52. The first-order valence-electron chi connectivity index (χ1n) is 8.54. The minimum atomic E-state index is -4.02. The number of hydrogen-bond acceptors (Lipinski definition) is 5. The molecule has 10 heteroatoms. The number of fused-ring (bicyclic) bond motifs is 2. The summed E-state index contributed by atoms with van der Waals surface area (Å²) in [5, 5.41) is 3.75. The number of pyridine rings is 1. The van der Waals surface area contributed by atoms with E-state index in [9.17, 15) is 13.2 Å². The van der Waals surface area contributed by atoms with Crippen LogP contribution in [0.25, 0.3) is 0 Å². The van der Waals surface area contributed by atoms with Crippen LogP contribution < -0.4 is 5.32 Å². The molecule has 0 spiro atoms. The average molecular weight is 489 g/mol. The van der Waals surface area contributed by atoms with Crippen LogP contribution in [0.1, 0.15) is 22.3 Å². The predicted octanol–water partition coefficient (Wildman–Crippen LogP) is 2.93. The molecule has 0 unspecified atom stereocenters. The third-order valence-electron chi connectivity index (χ3n) is 4.68. The summed E-state index contributed by atoms with van der Waals surface area (Å²) in [4.78, 5) is 18.1. The largest absolute Gasteiger partial charge is 0.333 e. The van der Waals surface area contributed by atoms with Crippen molar-refractivity contribution in [3.8, 4) is 0 Å². The fraction of sp³-hybridized carbons (Fsp3) is 0.333. The fourth-order valence-corrected chi connectivity index (χ4v) is 4.16. The Hall–Kier alpha value is -1.52. The van der Waals surface area contributed by atoms with Crippen LogP contribution in [0.4, 0.5) is 0 Å². The molecule has 2 atom stereocenters. The number of nitrogens with zero attached hydrogens (tertiary/aromatic N) is 2. The Morgan fingerprint density at radius 3 is 2.54 bits per heavy atom. The van der Waals surface area contributed by atoms with Crippen LogP contribution in [0, 0.1) is 6.92 Å². The number of benzene rings is 1. The Bertz CT molecular complexity index is 985. The molecule has 2 aliphatic rings. The zero-order valence-corrected chi connectivity index (χ0v) is 18.1. The molecule has 3 heterocycles. The number of amides is 1. The first-order chi connectivity index (χ1) is 13.1. The summed E-state index contributed by atoms with van der Waals surface area (Å²) < 4.78 is 30.2. The number of carbonyl (C=O) groups excluding carboxylic acids is 1. The van der Waals surface area contributed by atoms with Crippen LogP contribution in [-0.2, 0) is 10.1 Å². The van der Waals surface area contributed by atoms with Crippen molar-refractivity contribution in [2.24, 2.45) is 0 Å². The van der Waals surface area contributed by atoms with Crippen molar-refractivity contribution in [2.75, 3.05) is 13.1 Å². The van der Waals surface area contributed by atoms with Gasteiger partial charge in [-0.05, 0) is 47.5 Å². The standard InChI is InChI=1S/C11H11BrClN3O.C7H8O3S/c12-9-1-6(3-15-10(9)13)11(17)16-5-7-2-8(16)4-14-7;1-6-2-4-7(5-3-6)11(8,9)10/h1,3,7-8,14H,2,4-5H2;2-5H,1H3,(H,8,9,10)/t7-,8-;/m1./s1. The van der Waals surface area contributed by atoms with Crippen LogP contribution in [0.5, 0.6) is 0 Å². The Labute approximate surface area is 177 Å². The van der Waals surface area contributed by atoms with Crippen molar-refractivity contribution in [3.63, 3.8) is 0 Å². The van der Waals surface area contributed by atoms with Crippen LogP contribution in [-0.4, -0.2) is 53.9 Å². The third kappa shape index (κ3) is 4.90. The number of aryl methyl sites for hydroxylation is 1. The molecule has 2 saturated heterocycles. The van der Waals surface area contributed by atoms with Crippen molar-refractivity contribution in [3.05, 3.63) is 57.3 Å². The minimum absolute atomic E-state index is 0.0452. The zero-order chi connectivity index (χ0) is 20.5. The van der Waals surface area contributed by atoms with Crippen molar-refractivity contribution in [1.82, 2.24) is 15.2 Å². The summed E-state index contributed by atoms with van der Waals surface area (Å²) in [6.07, 6.45) is 2.60. The molecule has 0 aliphatic carbocycles. The molecule has 2 aromatic rings. The molecule has 0 radical (unpaired) electrons. The van der Waals surface area contributed by atoms with Gasteiger partial charge in [0.05, 0.1) is 14.9 Å². The molecule has 150 valence electrons. The van der Waals surface area contributed by atoms with Crippen LogP contribution in [0.3, 0.4) is 0 Å². The smallest absolute Gasteiger partial charge is 0.294 e. The molecular formula is C18H19BrClN3O4S. The number of piperazine rings is 1. The first-order valence-corrected chi connectivity index (χ1v) is 11.2. The second-order valence-electron chi connectivity index (χ2n) is 6.74. The van der Waals surface area contributed by atoms with E-state index in [4.69, 9.17) is 16.2 Å². The fourth-order valence-electron chi connectivity index (χ4n) is 3.22. The van der Waals surface area contributed by atoms with Gasteiger partial charge < -0.3 is 10.2 Å². The maximum absolute atomic E-state index is 12.3. The Morgan fingerprint density at radius 2 is 2.04 bits per heavy atom. The number of aromatic nitrogens is 1. The normalized spacial score (nSPS) is 20.6. The summed E-state index contributed by atoms with van der Waals surface area (Å²) in [5.41, 5.74) is 1.55. The summed E-state index contributed by atoms with van der Waals surface area (Å²) >= 11 is 9.10. The zero-order valence-electron chi connectivity index (χ0n) is 15.0. The quantitative estimate of drug-likeness (QED) is 0.498. The van der Waals surface area contributed by atoms with Crippen molar-refractivity contribution in [2.45, 2.75) is 30.3 Å². The number of halogens is 2. The van der Waals surface area contributed by atoms with Gasteiger partial charge in [-0.1, -0.05) is 29.3 Å². The Kier molecular flexibility index (Phi) is 6.41. The van der Waals surface area contributed by atoms with Gasteiger partial charge in [-0.2, -0.15) is 8.42 Å². The SMILES string of the molecule is Cc1ccc(S(=O)(=O)O)cc1.O=C(c1cnc(Cl)c(Br)c1)N1C[C@H]2C[C@@H]1CN2. The van der Waals surface area contributed by atoms with E-state index < -0.39 is 10.1 Å². The first kappa shape index (κ1) is 21.2. The molecule has 0 saturated carbocycles. The van der Waals surface area contributed by atoms with E-state index >= 15 is 0 Å². The van der Waals surface area contributed by atoms with Gasteiger partial charge in [-0.25, -0.2) is 4.98 Å². The van der Waals surface area contributed by atoms with Gasteiger partial charge in [0, 0.05) is 31.4 Å². The molecule has 28 heavy (non-hydrogen) atoms. The lowest BCUT2D eigenvalue weighted by molar-refractivity contribution is 0.0715. The van der Waals surface area contributed by atoms with Crippen molar-refractivity contribution in [1.29, 1.82) is 0 Å². The molecule has 2 bridgehead atoms. The molecule has 2 N–H and O–H groups in total. The lowest BCUT2D eigenvalue weighted by atomic mass is 10.2. The van der Waals surface area contributed by atoms with Gasteiger partial charge >= 0.3 is 0 Å². The molecule has 7 nitrogen and oxygen atoms in total. The van der Waals surface area contributed by atoms with Gasteiger partial charge in [-0.15, -0.1) is 0 Å². The van der Waals surface area contributed by atoms with Gasteiger partial charge in [-0.3, -0.25) is 9.35 Å². The number of likely N-dealkylation sites (tertiary alicyclic amines) is 1. The molecular weight excluding hydrogens is 470 g/mol. The molecule has 1 aromatic heterocycles. The summed E-state index contributed by atoms with van der Waals surface area (Å²) in [5.74, 6) is 0.0452. The van der Waals surface area contributed by atoms with Gasteiger partial charge in [0.15, 0.2) is 0 Å². The van der Waals surface area contributed by atoms with E-state index in [0.29, 0.717) is 27.3 Å². The molecule has 1 aromatic carbocycles. The molecule has 2 aliphatic heterocycles. The van der Waals surface area contributed by atoms with Gasteiger partial charge in [0.2, 0.25) is 0 Å². The monoisotopic (exact) mass is 487 g/mol. The van der Waals surface area contributed by atoms with Crippen LogP contribution in [0.15, 0.2) is 45.9 Å². The second kappa shape index (κ2) is 8.46. The highest BCUT2D eigenvalue weighted by Gasteiger charge is 2.40. The predicted molar refractivity (Wildman–Crippen MR) is 109 cm³/mol. The number of rotatable bonds is 2. The highest BCUT2D eigenvalue weighted by Crippen LogP contribution is 2.27. The summed E-state index contributed by atoms with van der Waals surface area (Å²) in [6.45, 7) is 3.54. The maximum Gasteiger partial charge on any atom is 0.294 e. The van der Waals surface area contributed by atoms with E-state index in [2.05, 4.69) is 26.2 Å². The molecule has 4 rings (SSSR count). The topological polar surface area (TPSA) is 99.6 Å². The van der Waals surface area contributed by atoms with E-state index in [1.807, 2.05) is 11.8 Å². The third-order valence-corrected chi connectivity index (χ3v) is 6.68. The number of nitrogens with one attached hydrogen (secondary N) is 1. The number of hydrogen-bond donors (Lipinski definition) is 2. The minimum Gasteiger partial charge on any atom is -0.333 e. The second-order valence-corrected chi connectivity index (χ2v) is 9.37. The Balaban J connectivity index is 0.000000178. The van der Waals surface area contributed by atoms with Crippen molar-refractivity contribution < 1.29 is 17.8 Å². The van der Waals surface area contributed by atoms with E-state index in [1.54, 1.807) is 18.2 Å². The Morgan fingerprint density at radius 1 is 1.36 bits per heavy atom. The summed E-state index contributed by atoms with van der Waals surface area (Å²) in [7, 11) is -4.02. The highest BCUT2D eigenvalue weighted by molar-refractivity contribution is 9.10. The lowest BCUT2D eigenvalue weighted by Crippen LogP contribution is -2.46. The van der Waals surface area contributed by atoms with Crippen LogP contribution in [0.2, 0.25) is 5.15 Å². The van der Waals surface area contributed by atoms with E-state index in [0.717, 1.165) is 25.1 Å². The highest BCUT2D eigenvalue weighted by atomic mass is 79.9.